The van der Waals surface area contributed by atoms with Crippen LogP contribution in [0.15, 0.2) is 57.9 Å². The van der Waals surface area contributed by atoms with Crippen LogP contribution in [0.5, 0.6) is 5.75 Å². The Morgan fingerprint density at radius 3 is 2.52 bits per heavy atom. The van der Waals surface area contributed by atoms with Gasteiger partial charge in [0.05, 0.1) is 12.0 Å². The van der Waals surface area contributed by atoms with Crippen LogP contribution in [0.4, 0.5) is 0 Å². The molecular weight excluding hydrogens is 422 g/mol. The number of piperidine rings is 1. The number of sulfonamides is 1. The quantitative estimate of drug-likeness (QED) is 0.617. The predicted octanol–water partition coefficient (Wildman–Crippen LogP) is 3.01. The number of benzene rings is 2. The maximum Gasteiger partial charge on any atom is 0.339 e. The van der Waals surface area contributed by atoms with Gasteiger partial charge in [-0.1, -0.05) is 35.5 Å². The molecule has 0 unspecified atom stereocenters. The van der Waals surface area contributed by atoms with E-state index in [1.54, 1.807) is 0 Å². The van der Waals surface area contributed by atoms with Crippen molar-refractivity contribution >= 4 is 16.0 Å². The summed E-state index contributed by atoms with van der Waals surface area (Å²) in [5.41, 5.74) is 0.656. The molecule has 0 radical (unpaired) electrons. The third-order valence-electron chi connectivity index (χ3n) is 5.32. The van der Waals surface area contributed by atoms with Crippen molar-refractivity contribution in [1.29, 1.82) is 0 Å². The van der Waals surface area contributed by atoms with Crippen LogP contribution in [0.25, 0.3) is 11.4 Å². The van der Waals surface area contributed by atoms with Gasteiger partial charge in [-0.05, 0) is 31.0 Å². The van der Waals surface area contributed by atoms with Gasteiger partial charge in [-0.2, -0.15) is 9.29 Å². The minimum absolute atomic E-state index is 0.0399. The highest BCUT2D eigenvalue weighted by Crippen LogP contribution is 2.32. The maximum absolute atomic E-state index is 13.0. The number of hydrogen-bond acceptors (Lipinski definition) is 7. The van der Waals surface area contributed by atoms with E-state index >= 15 is 0 Å². The van der Waals surface area contributed by atoms with Crippen molar-refractivity contribution in [2.45, 2.75) is 23.7 Å². The fourth-order valence-corrected chi connectivity index (χ4v) is 5.11. The van der Waals surface area contributed by atoms with Crippen LogP contribution in [-0.2, 0) is 10.0 Å². The molecule has 3 aromatic rings. The van der Waals surface area contributed by atoms with Crippen LogP contribution in [0.2, 0.25) is 0 Å². The molecule has 0 atom stereocenters. The highest BCUT2D eigenvalue weighted by Gasteiger charge is 2.33. The molecule has 1 aliphatic heterocycles. The van der Waals surface area contributed by atoms with Crippen LogP contribution in [-0.4, -0.2) is 54.1 Å². The van der Waals surface area contributed by atoms with E-state index < -0.39 is 16.0 Å². The largest absolute Gasteiger partial charge is 0.496 e. The smallest absolute Gasteiger partial charge is 0.339 e. The second-order valence-electron chi connectivity index (χ2n) is 7.17. The normalized spacial score (nSPS) is 15.6. The van der Waals surface area contributed by atoms with Crippen molar-refractivity contribution in [3.8, 4) is 17.1 Å². The average molecular weight is 443 g/mol. The molecule has 9 nitrogen and oxygen atoms in total. The molecule has 4 rings (SSSR count). The second kappa shape index (κ2) is 8.48. The SMILES string of the molecule is COc1ccc(S(=O)(=O)N2CCC(c3nc(-c4ccccc4)no3)CC2)cc1C(=O)O. The molecule has 0 bridgehead atoms. The molecule has 2 heterocycles. The summed E-state index contributed by atoms with van der Waals surface area (Å²) in [5.74, 6) is -0.186. The molecule has 0 saturated carbocycles. The molecule has 2 aromatic carbocycles. The Hall–Kier alpha value is -3.24. The van der Waals surface area contributed by atoms with Gasteiger partial charge < -0.3 is 14.4 Å². The number of ether oxygens (including phenoxy) is 1. The molecule has 1 fully saturated rings. The Morgan fingerprint density at radius 2 is 1.87 bits per heavy atom. The van der Waals surface area contributed by atoms with E-state index in [0.717, 1.165) is 11.6 Å². The van der Waals surface area contributed by atoms with Crippen molar-refractivity contribution in [2.75, 3.05) is 20.2 Å². The summed E-state index contributed by atoms with van der Waals surface area (Å²) in [6.07, 6.45) is 1.05. The Morgan fingerprint density at radius 1 is 1.16 bits per heavy atom. The lowest BCUT2D eigenvalue weighted by Gasteiger charge is -2.29. The summed E-state index contributed by atoms with van der Waals surface area (Å²) < 4.78 is 37.8. The number of carboxylic acid groups (broad SMARTS) is 1. The van der Waals surface area contributed by atoms with Gasteiger partial charge in [-0.25, -0.2) is 13.2 Å². The lowest BCUT2D eigenvalue weighted by molar-refractivity contribution is 0.0693. The van der Waals surface area contributed by atoms with Gasteiger partial charge in [0, 0.05) is 24.6 Å². The van der Waals surface area contributed by atoms with E-state index in [-0.39, 0.29) is 35.2 Å². The molecule has 0 spiro atoms. The average Bonchev–Trinajstić information content (AvgIpc) is 3.29. The maximum atomic E-state index is 13.0. The number of aromatic nitrogens is 2. The standard InChI is InChI=1S/C21H21N3O6S/c1-29-18-8-7-16(13-17(18)21(25)26)31(27,28)24-11-9-15(10-12-24)20-22-19(23-30-20)14-5-3-2-4-6-14/h2-8,13,15H,9-12H2,1H3,(H,25,26). The Labute approximate surface area is 179 Å². The number of carbonyl (C=O) groups is 1. The van der Waals surface area contributed by atoms with E-state index in [4.69, 9.17) is 9.26 Å². The minimum atomic E-state index is -3.84. The van der Waals surface area contributed by atoms with E-state index in [0.29, 0.717) is 24.6 Å². The third kappa shape index (κ3) is 4.17. The van der Waals surface area contributed by atoms with Crippen LogP contribution >= 0.6 is 0 Å². The summed E-state index contributed by atoms with van der Waals surface area (Å²) >= 11 is 0. The fourth-order valence-electron chi connectivity index (χ4n) is 3.61. The topological polar surface area (TPSA) is 123 Å². The first kappa shape index (κ1) is 21.0. The fraction of sp³-hybridized carbons (Fsp3) is 0.286. The molecule has 1 aromatic heterocycles. The van der Waals surface area contributed by atoms with Gasteiger partial charge in [0.25, 0.3) is 0 Å². The van der Waals surface area contributed by atoms with Gasteiger partial charge in [-0.15, -0.1) is 0 Å². The van der Waals surface area contributed by atoms with Crippen molar-refractivity contribution in [3.63, 3.8) is 0 Å². The van der Waals surface area contributed by atoms with Gasteiger partial charge >= 0.3 is 5.97 Å². The second-order valence-corrected chi connectivity index (χ2v) is 9.11. The summed E-state index contributed by atoms with van der Waals surface area (Å²) in [6, 6.07) is 13.3. The molecule has 10 heteroatoms. The number of nitrogens with zero attached hydrogens (tertiary/aromatic N) is 3. The minimum Gasteiger partial charge on any atom is -0.496 e. The first-order valence-electron chi connectivity index (χ1n) is 9.70. The Balaban J connectivity index is 1.48. The van der Waals surface area contributed by atoms with Crippen molar-refractivity contribution < 1.29 is 27.6 Å². The lowest BCUT2D eigenvalue weighted by Crippen LogP contribution is -2.38. The Kier molecular flexibility index (Phi) is 5.75. The van der Waals surface area contributed by atoms with Crippen molar-refractivity contribution in [1.82, 2.24) is 14.4 Å². The zero-order valence-electron chi connectivity index (χ0n) is 16.8. The summed E-state index contributed by atoms with van der Waals surface area (Å²) in [5, 5.41) is 13.4. The number of hydrogen-bond donors (Lipinski definition) is 1. The van der Waals surface area contributed by atoms with Gasteiger partial charge in [0.2, 0.25) is 21.7 Å². The zero-order valence-corrected chi connectivity index (χ0v) is 17.6. The van der Waals surface area contributed by atoms with Crippen LogP contribution in [0.1, 0.15) is 35.0 Å². The molecule has 31 heavy (non-hydrogen) atoms. The number of aromatic carboxylic acids is 1. The van der Waals surface area contributed by atoms with Crippen LogP contribution in [0.3, 0.4) is 0 Å². The Bertz CT molecular complexity index is 1180. The van der Waals surface area contributed by atoms with E-state index in [1.807, 2.05) is 30.3 Å². The zero-order chi connectivity index (χ0) is 22.0. The molecule has 0 amide bonds. The van der Waals surface area contributed by atoms with E-state index in [9.17, 15) is 18.3 Å². The monoisotopic (exact) mass is 443 g/mol. The summed E-state index contributed by atoms with van der Waals surface area (Å²) in [4.78, 5) is 15.8. The predicted molar refractivity (Wildman–Crippen MR) is 110 cm³/mol. The summed E-state index contributed by atoms with van der Waals surface area (Å²) in [6.45, 7) is 0.537. The lowest BCUT2D eigenvalue weighted by atomic mass is 9.98. The van der Waals surface area contributed by atoms with Gasteiger partial charge in [0.1, 0.15) is 11.3 Å². The number of rotatable bonds is 6. The number of carboxylic acids is 1. The van der Waals surface area contributed by atoms with E-state index in [2.05, 4.69) is 10.1 Å². The molecule has 1 aliphatic rings. The van der Waals surface area contributed by atoms with Crippen molar-refractivity contribution in [2.24, 2.45) is 0 Å². The van der Waals surface area contributed by atoms with Crippen molar-refractivity contribution in [3.05, 3.63) is 60.0 Å². The molecule has 0 aliphatic carbocycles. The highest BCUT2D eigenvalue weighted by atomic mass is 32.2. The third-order valence-corrected chi connectivity index (χ3v) is 7.21. The van der Waals surface area contributed by atoms with Crippen LogP contribution < -0.4 is 4.74 Å². The number of methoxy groups -OCH3 is 1. The highest BCUT2D eigenvalue weighted by molar-refractivity contribution is 7.89. The van der Waals surface area contributed by atoms with Gasteiger partial charge in [0.15, 0.2) is 0 Å². The van der Waals surface area contributed by atoms with Crippen LogP contribution in [0, 0.1) is 0 Å². The molecule has 162 valence electrons. The molecule has 1 N–H and O–H groups in total. The van der Waals surface area contributed by atoms with Gasteiger partial charge in [-0.3, -0.25) is 0 Å². The first-order chi connectivity index (χ1) is 14.9. The van der Waals surface area contributed by atoms with E-state index in [1.165, 1.54) is 23.5 Å². The molecular formula is C21H21N3O6S. The first-order valence-corrected chi connectivity index (χ1v) is 11.1. The summed E-state index contributed by atoms with van der Waals surface area (Å²) in [7, 11) is -2.50. The molecule has 1 saturated heterocycles.